The van der Waals surface area contributed by atoms with Crippen molar-refractivity contribution in [1.29, 1.82) is 5.26 Å². The van der Waals surface area contributed by atoms with Crippen molar-refractivity contribution in [2.75, 3.05) is 5.43 Å². The number of hydrogen-bond acceptors (Lipinski definition) is 4. The van der Waals surface area contributed by atoms with Gasteiger partial charge in [-0.3, -0.25) is 5.43 Å². The van der Waals surface area contributed by atoms with Crippen LogP contribution in [0.5, 0.6) is 0 Å². The summed E-state index contributed by atoms with van der Waals surface area (Å²) in [5.41, 5.74) is 3.64. The molecule has 2 rings (SSSR count). The van der Waals surface area contributed by atoms with E-state index in [4.69, 9.17) is 51.7 Å². The van der Waals surface area contributed by atoms with Gasteiger partial charge in [0.2, 0.25) is 0 Å². The minimum atomic E-state index is -0.179. The van der Waals surface area contributed by atoms with Gasteiger partial charge in [-0.1, -0.05) is 46.4 Å². The molecule has 0 aliphatic heterocycles. The third-order valence-electron chi connectivity index (χ3n) is 2.47. The molecule has 2 aromatic carbocycles. The summed E-state index contributed by atoms with van der Waals surface area (Å²) in [6.07, 6.45) is 0. The minimum absolute atomic E-state index is 0.179. The number of rotatable bonds is 3. The van der Waals surface area contributed by atoms with Crippen molar-refractivity contribution >= 4 is 63.6 Å². The van der Waals surface area contributed by atoms with E-state index in [2.05, 4.69) is 20.8 Å². The number of azo groups is 1. The second kappa shape index (κ2) is 8.14. The lowest BCUT2D eigenvalue weighted by molar-refractivity contribution is 1.23. The van der Waals surface area contributed by atoms with E-state index in [1.807, 2.05) is 0 Å². The van der Waals surface area contributed by atoms with Gasteiger partial charge in [-0.15, -0.1) is 15.3 Å². The molecule has 116 valence electrons. The Bertz CT molecular complexity index is 826. The third-order valence-corrected chi connectivity index (χ3v) is 3.95. The Hall–Kier alpha value is -1.84. The van der Waals surface area contributed by atoms with Crippen molar-refractivity contribution in [3.05, 3.63) is 56.5 Å². The van der Waals surface area contributed by atoms with Crippen LogP contribution in [0.4, 0.5) is 11.4 Å². The number of nitriles is 1. The Morgan fingerprint density at radius 3 is 2.17 bits per heavy atom. The Kier molecular flexibility index (Phi) is 6.20. The zero-order valence-electron chi connectivity index (χ0n) is 11.3. The average Bonchev–Trinajstić information content (AvgIpc) is 2.54. The molecule has 0 aliphatic carbocycles. The molecule has 0 saturated heterocycles. The van der Waals surface area contributed by atoms with E-state index < -0.39 is 0 Å². The summed E-state index contributed by atoms with van der Waals surface area (Å²) in [7, 11) is 0. The lowest BCUT2D eigenvalue weighted by atomic mass is 10.3. The molecule has 5 nitrogen and oxygen atoms in total. The molecule has 0 aromatic heterocycles. The standard InChI is InChI=1S/C14H7Cl4N5/c15-10-3-1-8(5-12(10)17)20-22-14(7-19)23-21-9-2-4-11(16)13(18)6-9/h1-6,20H. The van der Waals surface area contributed by atoms with E-state index in [1.165, 1.54) is 6.07 Å². The monoisotopic (exact) mass is 385 g/mol. The van der Waals surface area contributed by atoms with E-state index in [0.717, 1.165) is 0 Å². The van der Waals surface area contributed by atoms with Gasteiger partial charge in [0, 0.05) is 0 Å². The van der Waals surface area contributed by atoms with Gasteiger partial charge < -0.3 is 0 Å². The fraction of sp³-hybridized carbons (Fsp3) is 0. The van der Waals surface area contributed by atoms with Gasteiger partial charge in [-0.2, -0.15) is 5.26 Å². The van der Waals surface area contributed by atoms with Crippen molar-refractivity contribution < 1.29 is 0 Å². The maximum Gasteiger partial charge on any atom is 0.270 e. The summed E-state index contributed by atoms with van der Waals surface area (Å²) >= 11 is 23.4. The first-order valence-electron chi connectivity index (χ1n) is 6.05. The van der Waals surface area contributed by atoms with Crippen molar-refractivity contribution in [1.82, 2.24) is 0 Å². The highest BCUT2D eigenvalue weighted by atomic mass is 35.5. The Balaban J connectivity index is 2.12. The van der Waals surface area contributed by atoms with Crippen LogP contribution in [0, 0.1) is 11.3 Å². The fourth-order valence-electron chi connectivity index (χ4n) is 1.41. The molecule has 9 heteroatoms. The molecule has 0 spiro atoms. The number of halogens is 4. The molecule has 0 aliphatic rings. The van der Waals surface area contributed by atoms with Gasteiger partial charge in [0.15, 0.2) is 0 Å². The van der Waals surface area contributed by atoms with Crippen LogP contribution in [0.2, 0.25) is 20.1 Å². The van der Waals surface area contributed by atoms with Crippen LogP contribution in [-0.2, 0) is 0 Å². The number of amidine groups is 1. The van der Waals surface area contributed by atoms with Crippen LogP contribution in [0.1, 0.15) is 0 Å². The first-order valence-corrected chi connectivity index (χ1v) is 7.56. The van der Waals surface area contributed by atoms with Crippen LogP contribution in [-0.4, -0.2) is 5.84 Å². The summed E-state index contributed by atoms with van der Waals surface area (Å²) in [6.45, 7) is 0. The van der Waals surface area contributed by atoms with Crippen molar-refractivity contribution in [3.63, 3.8) is 0 Å². The fourth-order valence-corrected chi connectivity index (χ4v) is 2.00. The van der Waals surface area contributed by atoms with E-state index in [0.29, 0.717) is 31.5 Å². The highest BCUT2D eigenvalue weighted by molar-refractivity contribution is 6.42. The lowest BCUT2D eigenvalue weighted by Gasteiger charge is -2.01. The lowest BCUT2D eigenvalue weighted by Crippen LogP contribution is -1.95. The molecule has 0 heterocycles. The van der Waals surface area contributed by atoms with Gasteiger partial charge in [0.25, 0.3) is 5.84 Å². The zero-order valence-corrected chi connectivity index (χ0v) is 14.3. The smallest absolute Gasteiger partial charge is 0.270 e. The highest BCUT2D eigenvalue weighted by Crippen LogP contribution is 2.27. The van der Waals surface area contributed by atoms with Gasteiger partial charge in [-0.05, 0) is 36.4 Å². The Labute approximate surface area is 152 Å². The van der Waals surface area contributed by atoms with Crippen LogP contribution in [0.15, 0.2) is 51.7 Å². The molecule has 23 heavy (non-hydrogen) atoms. The van der Waals surface area contributed by atoms with E-state index in [-0.39, 0.29) is 5.84 Å². The molecule has 0 saturated carbocycles. The number of hydrogen-bond donors (Lipinski definition) is 1. The van der Waals surface area contributed by atoms with Crippen LogP contribution in [0.25, 0.3) is 0 Å². The molecule has 0 fully saturated rings. The van der Waals surface area contributed by atoms with Crippen molar-refractivity contribution in [2.45, 2.75) is 0 Å². The number of nitrogens with one attached hydrogen (secondary N) is 1. The number of hydrazone groups is 1. The predicted molar refractivity (Wildman–Crippen MR) is 94.1 cm³/mol. The number of benzene rings is 2. The normalized spacial score (nSPS) is 11.5. The largest absolute Gasteiger partial charge is 0.276 e. The molecular formula is C14H7Cl4N5. The second-order valence-corrected chi connectivity index (χ2v) is 5.72. The molecule has 0 atom stereocenters. The van der Waals surface area contributed by atoms with E-state index in [9.17, 15) is 0 Å². The molecule has 0 radical (unpaired) electrons. The third kappa shape index (κ3) is 5.08. The summed E-state index contributed by atoms with van der Waals surface area (Å²) in [5.74, 6) is -0.179. The summed E-state index contributed by atoms with van der Waals surface area (Å²) in [5, 5.41) is 22.0. The quantitative estimate of drug-likeness (QED) is 0.289. The number of nitrogens with zero attached hydrogens (tertiary/aromatic N) is 4. The molecule has 1 N–H and O–H groups in total. The average molecular weight is 387 g/mol. The van der Waals surface area contributed by atoms with Crippen molar-refractivity contribution in [3.8, 4) is 6.07 Å². The maximum absolute atomic E-state index is 9.01. The van der Waals surface area contributed by atoms with Crippen LogP contribution in [0.3, 0.4) is 0 Å². The van der Waals surface area contributed by atoms with E-state index in [1.54, 1.807) is 36.4 Å². The summed E-state index contributed by atoms with van der Waals surface area (Å²) in [6, 6.07) is 11.3. The topological polar surface area (TPSA) is 72.9 Å². The van der Waals surface area contributed by atoms with Gasteiger partial charge in [-0.25, -0.2) is 0 Å². The van der Waals surface area contributed by atoms with Crippen molar-refractivity contribution in [2.24, 2.45) is 15.3 Å². The predicted octanol–water partition coefficient (Wildman–Crippen LogP) is 6.33. The molecule has 0 bridgehead atoms. The van der Waals surface area contributed by atoms with Gasteiger partial charge >= 0.3 is 0 Å². The Morgan fingerprint density at radius 1 is 0.913 bits per heavy atom. The molecule has 0 amide bonds. The first-order chi connectivity index (χ1) is 11.0. The highest BCUT2D eigenvalue weighted by Gasteiger charge is 2.01. The maximum atomic E-state index is 9.01. The minimum Gasteiger partial charge on any atom is -0.276 e. The second-order valence-electron chi connectivity index (χ2n) is 4.09. The summed E-state index contributed by atoms with van der Waals surface area (Å²) < 4.78 is 0. The van der Waals surface area contributed by atoms with Crippen LogP contribution >= 0.6 is 46.4 Å². The van der Waals surface area contributed by atoms with Gasteiger partial charge in [0.1, 0.15) is 6.07 Å². The number of anilines is 1. The zero-order chi connectivity index (χ0) is 16.8. The first kappa shape index (κ1) is 17.5. The van der Waals surface area contributed by atoms with Gasteiger partial charge in [0.05, 0.1) is 31.5 Å². The summed E-state index contributed by atoms with van der Waals surface area (Å²) in [4.78, 5) is 0. The van der Waals surface area contributed by atoms with E-state index >= 15 is 0 Å². The SMILES string of the molecule is N#CC(N=Nc1ccc(Cl)c(Cl)c1)=NNc1ccc(Cl)c(Cl)c1. The molecule has 2 aromatic rings. The molecule has 0 unspecified atom stereocenters. The molecular weight excluding hydrogens is 380 g/mol. The van der Waals surface area contributed by atoms with Crippen LogP contribution < -0.4 is 5.43 Å². The Morgan fingerprint density at radius 2 is 1.57 bits per heavy atom.